The van der Waals surface area contributed by atoms with Crippen LogP contribution in [0, 0.1) is 0 Å². The quantitative estimate of drug-likeness (QED) is 0.593. The highest BCUT2D eigenvalue weighted by molar-refractivity contribution is 5.68. The molecular formula is C24H29N5. The molecule has 0 saturated carbocycles. The number of aromatic nitrogens is 2. The van der Waals surface area contributed by atoms with Crippen LogP contribution in [0.5, 0.6) is 0 Å². The second-order valence-corrected chi connectivity index (χ2v) is 7.34. The van der Waals surface area contributed by atoms with Gasteiger partial charge < -0.3 is 15.1 Å². The summed E-state index contributed by atoms with van der Waals surface area (Å²) in [6.45, 7) is 8.33. The molecule has 29 heavy (non-hydrogen) atoms. The minimum atomic E-state index is 0.757. The van der Waals surface area contributed by atoms with Gasteiger partial charge in [-0.15, -0.1) is 0 Å². The summed E-state index contributed by atoms with van der Waals surface area (Å²) in [6.07, 6.45) is 2.58. The Balaban J connectivity index is 1.62. The van der Waals surface area contributed by atoms with Crippen LogP contribution in [0.15, 0.2) is 60.7 Å². The van der Waals surface area contributed by atoms with E-state index in [4.69, 9.17) is 9.97 Å². The maximum absolute atomic E-state index is 4.82. The Kier molecular flexibility index (Phi) is 5.94. The summed E-state index contributed by atoms with van der Waals surface area (Å²) in [5.41, 5.74) is 4.36. The van der Waals surface area contributed by atoms with Gasteiger partial charge in [0.1, 0.15) is 5.82 Å². The molecule has 1 saturated heterocycles. The van der Waals surface area contributed by atoms with Gasteiger partial charge in [0.15, 0.2) is 0 Å². The average Bonchev–Trinajstić information content (AvgIpc) is 3.31. The second kappa shape index (κ2) is 8.95. The summed E-state index contributed by atoms with van der Waals surface area (Å²) in [7, 11) is 0. The van der Waals surface area contributed by atoms with Crippen molar-refractivity contribution < 1.29 is 0 Å². The van der Waals surface area contributed by atoms with E-state index in [9.17, 15) is 0 Å². The summed E-state index contributed by atoms with van der Waals surface area (Å²) in [4.78, 5) is 14.2. The van der Waals surface area contributed by atoms with Gasteiger partial charge in [0.05, 0.1) is 5.69 Å². The molecule has 1 aliphatic rings. The Morgan fingerprint density at radius 1 is 0.897 bits per heavy atom. The Bertz CT molecular complexity index is 914. The van der Waals surface area contributed by atoms with Crippen molar-refractivity contribution in [1.82, 2.24) is 9.97 Å². The van der Waals surface area contributed by atoms with Gasteiger partial charge >= 0.3 is 0 Å². The molecule has 0 bridgehead atoms. The third-order valence-electron chi connectivity index (χ3n) is 5.44. The van der Waals surface area contributed by atoms with Crippen molar-refractivity contribution in [2.45, 2.75) is 26.7 Å². The lowest BCUT2D eigenvalue weighted by Gasteiger charge is -2.21. The van der Waals surface area contributed by atoms with Crippen LogP contribution in [0.4, 0.5) is 23.1 Å². The number of nitrogens with one attached hydrogen (secondary N) is 1. The van der Waals surface area contributed by atoms with Crippen LogP contribution in [-0.2, 0) is 0 Å². The number of rotatable bonds is 7. The van der Waals surface area contributed by atoms with Crippen molar-refractivity contribution in [3.8, 4) is 11.3 Å². The third kappa shape index (κ3) is 4.50. The Morgan fingerprint density at radius 2 is 1.59 bits per heavy atom. The SMILES string of the molecule is CCN(CC)c1nc(Nc2ccc(N3CCCC3)cc2)cc(-c2ccccc2)n1. The van der Waals surface area contributed by atoms with Gasteiger partial charge in [-0.1, -0.05) is 30.3 Å². The van der Waals surface area contributed by atoms with Crippen LogP contribution in [0.1, 0.15) is 26.7 Å². The number of nitrogens with zero attached hydrogens (tertiary/aromatic N) is 4. The van der Waals surface area contributed by atoms with Gasteiger partial charge in [-0.2, -0.15) is 4.98 Å². The molecule has 0 aliphatic carbocycles. The zero-order chi connectivity index (χ0) is 20.1. The fourth-order valence-corrected chi connectivity index (χ4v) is 3.78. The molecule has 150 valence electrons. The largest absolute Gasteiger partial charge is 0.372 e. The summed E-state index contributed by atoms with van der Waals surface area (Å²) < 4.78 is 0. The molecule has 2 heterocycles. The Hall–Kier alpha value is -3.08. The number of hydrogen-bond acceptors (Lipinski definition) is 5. The Labute approximate surface area is 173 Å². The van der Waals surface area contributed by atoms with Gasteiger partial charge in [0.25, 0.3) is 0 Å². The van der Waals surface area contributed by atoms with Crippen LogP contribution in [0.2, 0.25) is 0 Å². The first-order chi connectivity index (χ1) is 14.3. The first-order valence-corrected chi connectivity index (χ1v) is 10.6. The van der Waals surface area contributed by atoms with E-state index in [1.54, 1.807) is 0 Å². The fourth-order valence-electron chi connectivity index (χ4n) is 3.78. The first-order valence-electron chi connectivity index (χ1n) is 10.6. The second-order valence-electron chi connectivity index (χ2n) is 7.34. The number of hydrogen-bond donors (Lipinski definition) is 1. The predicted molar refractivity (Wildman–Crippen MR) is 122 cm³/mol. The van der Waals surface area contributed by atoms with Crippen molar-refractivity contribution in [2.24, 2.45) is 0 Å². The van der Waals surface area contributed by atoms with Gasteiger partial charge in [0, 0.05) is 49.2 Å². The fraction of sp³-hybridized carbons (Fsp3) is 0.333. The van der Waals surface area contributed by atoms with Crippen LogP contribution in [0.3, 0.4) is 0 Å². The topological polar surface area (TPSA) is 44.3 Å². The molecule has 2 aromatic carbocycles. The lowest BCUT2D eigenvalue weighted by atomic mass is 10.1. The standard InChI is InChI=1S/C24H29N5/c1-3-28(4-2)24-26-22(19-10-6-5-7-11-19)18-23(27-24)25-20-12-14-21(15-13-20)29-16-8-9-17-29/h5-7,10-15,18H,3-4,8-9,16-17H2,1-2H3,(H,25,26,27). The van der Waals surface area contributed by atoms with E-state index in [2.05, 4.69) is 65.4 Å². The molecule has 0 amide bonds. The van der Waals surface area contributed by atoms with E-state index in [1.165, 1.54) is 18.5 Å². The highest BCUT2D eigenvalue weighted by atomic mass is 15.3. The van der Waals surface area contributed by atoms with Crippen molar-refractivity contribution in [3.63, 3.8) is 0 Å². The molecule has 5 nitrogen and oxygen atoms in total. The molecule has 0 atom stereocenters. The van der Waals surface area contributed by atoms with E-state index in [-0.39, 0.29) is 0 Å². The molecule has 0 radical (unpaired) electrons. The van der Waals surface area contributed by atoms with Crippen LogP contribution in [-0.4, -0.2) is 36.1 Å². The van der Waals surface area contributed by atoms with Gasteiger partial charge in [-0.3, -0.25) is 0 Å². The van der Waals surface area contributed by atoms with Crippen LogP contribution < -0.4 is 15.1 Å². The van der Waals surface area contributed by atoms with E-state index in [0.29, 0.717) is 0 Å². The molecule has 1 aromatic heterocycles. The predicted octanol–water partition coefficient (Wildman–Crippen LogP) is 5.33. The minimum Gasteiger partial charge on any atom is -0.372 e. The smallest absolute Gasteiger partial charge is 0.227 e. The molecule has 1 aliphatic heterocycles. The molecule has 1 fully saturated rings. The number of anilines is 4. The van der Waals surface area contributed by atoms with Crippen molar-refractivity contribution >= 4 is 23.1 Å². The van der Waals surface area contributed by atoms with Gasteiger partial charge in [-0.25, -0.2) is 4.98 Å². The summed E-state index contributed by atoms with van der Waals surface area (Å²) in [6, 6.07) is 21.0. The van der Waals surface area contributed by atoms with Crippen LogP contribution >= 0.6 is 0 Å². The van der Waals surface area contributed by atoms with E-state index >= 15 is 0 Å². The molecule has 0 spiro atoms. The maximum atomic E-state index is 4.82. The molecular weight excluding hydrogens is 358 g/mol. The minimum absolute atomic E-state index is 0.757. The van der Waals surface area contributed by atoms with E-state index < -0.39 is 0 Å². The zero-order valence-corrected chi connectivity index (χ0v) is 17.3. The van der Waals surface area contributed by atoms with Crippen LogP contribution in [0.25, 0.3) is 11.3 Å². The summed E-state index contributed by atoms with van der Waals surface area (Å²) in [5, 5.41) is 3.48. The first kappa shape index (κ1) is 19.2. The lowest BCUT2D eigenvalue weighted by Crippen LogP contribution is -2.24. The summed E-state index contributed by atoms with van der Waals surface area (Å²) >= 11 is 0. The molecule has 0 unspecified atom stereocenters. The lowest BCUT2D eigenvalue weighted by molar-refractivity contribution is 0.823. The average molecular weight is 388 g/mol. The van der Waals surface area contributed by atoms with Crippen molar-refractivity contribution in [2.75, 3.05) is 41.3 Å². The highest BCUT2D eigenvalue weighted by Gasteiger charge is 2.13. The zero-order valence-electron chi connectivity index (χ0n) is 17.3. The molecule has 1 N–H and O–H groups in total. The maximum Gasteiger partial charge on any atom is 0.227 e. The number of benzene rings is 2. The van der Waals surface area contributed by atoms with Gasteiger partial charge in [-0.05, 0) is 51.0 Å². The van der Waals surface area contributed by atoms with Crippen molar-refractivity contribution in [1.29, 1.82) is 0 Å². The van der Waals surface area contributed by atoms with E-state index in [0.717, 1.165) is 54.9 Å². The molecule has 4 rings (SSSR count). The van der Waals surface area contributed by atoms with Gasteiger partial charge in [0.2, 0.25) is 5.95 Å². The Morgan fingerprint density at radius 3 is 2.24 bits per heavy atom. The molecule has 3 aromatic rings. The highest BCUT2D eigenvalue weighted by Crippen LogP contribution is 2.27. The normalized spacial score (nSPS) is 13.5. The molecule has 5 heteroatoms. The van der Waals surface area contributed by atoms with E-state index in [1.807, 2.05) is 24.3 Å². The monoisotopic (exact) mass is 387 g/mol. The third-order valence-corrected chi connectivity index (χ3v) is 5.44. The van der Waals surface area contributed by atoms with Crippen molar-refractivity contribution in [3.05, 3.63) is 60.7 Å². The summed E-state index contributed by atoms with van der Waals surface area (Å²) in [5.74, 6) is 1.57.